The molecule has 1 aromatic rings. The summed E-state index contributed by atoms with van der Waals surface area (Å²) in [6.07, 6.45) is 11.5. The standard InChI is InChI=1S/C17H32N2.C8H7F3O.C7H14.C6H14.C2H6/c1-6-9-18-10-12-19(13-11-18)17(16(5)8-3)14-15(4)7-2;1-6-2-4-7(5-3-6)12-8(9,10)11;1-7-5-3-2-4-6-7;1-4-6(3)5-2;1-2/h14H,6-13H2,1-5H3;2-5H,1H3;7H,2-6H2,1H3;6H,4-5H2,1-3H3;1-2H3/b15-14-,17-16-;;;;. The number of aryl methyl sites for hydroxylation is 1. The first-order chi connectivity index (χ1) is 21.8. The van der Waals surface area contributed by atoms with Gasteiger partial charge in [0.25, 0.3) is 0 Å². The molecule has 1 saturated heterocycles. The molecule has 3 nitrogen and oxygen atoms in total. The molecule has 6 heteroatoms. The van der Waals surface area contributed by atoms with Gasteiger partial charge in [0.2, 0.25) is 0 Å². The molecule has 270 valence electrons. The maximum atomic E-state index is 11.6. The predicted molar refractivity (Wildman–Crippen MR) is 197 cm³/mol. The molecule has 1 aliphatic heterocycles. The molecule has 0 unspecified atom stereocenters. The van der Waals surface area contributed by atoms with Gasteiger partial charge in [0.15, 0.2) is 0 Å². The quantitative estimate of drug-likeness (QED) is 0.246. The summed E-state index contributed by atoms with van der Waals surface area (Å²) in [5.41, 5.74) is 5.39. The summed E-state index contributed by atoms with van der Waals surface area (Å²) in [4.78, 5) is 5.18. The second kappa shape index (κ2) is 28.1. The van der Waals surface area contributed by atoms with Crippen LogP contribution in [0, 0.1) is 18.8 Å². The first kappa shape index (κ1) is 46.2. The van der Waals surface area contributed by atoms with Crippen molar-refractivity contribution < 1.29 is 17.9 Å². The molecule has 0 aromatic heterocycles. The third-order valence-electron chi connectivity index (χ3n) is 8.70. The molecular formula is C40H73F3N2O. The van der Waals surface area contributed by atoms with Gasteiger partial charge < -0.3 is 9.64 Å². The van der Waals surface area contributed by atoms with Crippen LogP contribution in [-0.4, -0.2) is 48.9 Å². The number of alkyl halides is 3. The monoisotopic (exact) mass is 655 g/mol. The van der Waals surface area contributed by atoms with Gasteiger partial charge in [-0.3, -0.25) is 4.90 Å². The highest BCUT2D eigenvalue weighted by molar-refractivity contribution is 5.27. The normalized spacial score (nSPS) is 16.3. The summed E-state index contributed by atoms with van der Waals surface area (Å²) in [6, 6.07) is 5.67. The van der Waals surface area contributed by atoms with E-state index in [1.165, 1.54) is 113 Å². The van der Waals surface area contributed by atoms with E-state index in [2.05, 4.69) is 82.9 Å². The van der Waals surface area contributed by atoms with Gasteiger partial charge in [-0.1, -0.05) is 136 Å². The van der Waals surface area contributed by atoms with Gasteiger partial charge in [-0.25, -0.2) is 0 Å². The Hall–Kier alpha value is -1.95. The van der Waals surface area contributed by atoms with E-state index in [1.54, 1.807) is 19.1 Å². The summed E-state index contributed by atoms with van der Waals surface area (Å²) in [5, 5.41) is 0. The molecule has 1 saturated carbocycles. The lowest BCUT2D eigenvalue weighted by atomic mass is 9.91. The van der Waals surface area contributed by atoms with Crippen LogP contribution in [-0.2, 0) is 0 Å². The van der Waals surface area contributed by atoms with Crippen molar-refractivity contribution in [3.63, 3.8) is 0 Å². The number of allylic oxidation sites excluding steroid dienone is 3. The molecule has 0 radical (unpaired) electrons. The van der Waals surface area contributed by atoms with Crippen LogP contribution in [0.3, 0.4) is 0 Å². The minimum absolute atomic E-state index is 0.187. The van der Waals surface area contributed by atoms with Gasteiger partial charge in [0, 0.05) is 31.9 Å². The van der Waals surface area contributed by atoms with Crippen LogP contribution in [0.15, 0.2) is 47.2 Å². The average Bonchev–Trinajstić information content (AvgIpc) is 3.06. The Labute approximate surface area is 284 Å². The molecule has 0 N–H and O–H groups in total. The number of hydrogen-bond donors (Lipinski definition) is 0. The summed E-state index contributed by atoms with van der Waals surface area (Å²) in [7, 11) is 0. The lowest BCUT2D eigenvalue weighted by Crippen LogP contribution is -2.45. The van der Waals surface area contributed by atoms with Crippen LogP contribution in [0.5, 0.6) is 5.75 Å². The van der Waals surface area contributed by atoms with E-state index >= 15 is 0 Å². The molecule has 46 heavy (non-hydrogen) atoms. The largest absolute Gasteiger partial charge is 0.573 e. The van der Waals surface area contributed by atoms with Crippen LogP contribution >= 0.6 is 0 Å². The number of nitrogens with zero attached hydrogens (tertiary/aromatic N) is 2. The minimum Gasteiger partial charge on any atom is -0.406 e. The molecule has 1 aromatic carbocycles. The van der Waals surface area contributed by atoms with Gasteiger partial charge in [-0.2, -0.15) is 0 Å². The van der Waals surface area contributed by atoms with Gasteiger partial charge in [-0.15, -0.1) is 13.2 Å². The Morgan fingerprint density at radius 3 is 1.74 bits per heavy atom. The van der Waals surface area contributed by atoms with E-state index in [9.17, 15) is 13.2 Å². The Kier molecular flexibility index (Phi) is 28.2. The zero-order chi connectivity index (χ0) is 35.5. The smallest absolute Gasteiger partial charge is 0.406 e. The van der Waals surface area contributed by atoms with Gasteiger partial charge in [0.05, 0.1) is 0 Å². The topological polar surface area (TPSA) is 15.7 Å². The zero-order valence-electron chi connectivity index (χ0n) is 32.1. The predicted octanol–water partition coefficient (Wildman–Crippen LogP) is 13.0. The van der Waals surface area contributed by atoms with Gasteiger partial charge in [0.1, 0.15) is 5.75 Å². The maximum absolute atomic E-state index is 11.6. The maximum Gasteiger partial charge on any atom is 0.573 e. The highest BCUT2D eigenvalue weighted by atomic mass is 19.4. The number of halogens is 3. The second-order valence-corrected chi connectivity index (χ2v) is 12.7. The zero-order valence-corrected chi connectivity index (χ0v) is 32.1. The number of ether oxygens (including phenoxy) is 1. The number of rotatable bonds is 9. The average molecular weight is 655 g/mol. The van der Waals surface area contributed by atoms with Crippen molar-refractivity contribution in [1.29, 1.82) is 0 Å². The lowest BCUT2D eigenvalue weighted by Gasteiger charge is -2.37. The third kappa shape index (κ3) is 24.3. The fraction of sp³-hybridized carbons (Fsp3) is 0.750. The molecule has 1 aliphatic carbocycles. The molecule has 0 amide bonds. The highest BCUT2D eigenvalue weighted by Crippen LogP contribution is 2.23. The molecule has 3 rings (SSSR count). The van der Waals surface area contributed by atoms with Crippen molar-refractivity contribution in [2.24, 2.45) is 11.8 Å². The van der Waals surface area contributed by atoms with Crippen LogP contribution in [0.1, 0.15) is 146 Å². The Bertz CT molecular complexity index is 890. The molecule has 1 heterocycles. The SMILES string of the molecule is CC.CC1CCCCC1.CCC(C)CC.CCCN1CCN(C(/C=C(/C)CC)=C(/C)CC)CC1.Cc1ccc(OC(F)(F)F)cc1. The van der Waals surface area contributed by atoms with Crippen molar-refractivity contribution in [2.75, 3.05) is 32.7 Å². The molecule has 2 fully saturated rings. The van der Waals surface area contributed by atoms with E-state index in [4.69, 9.17) is 0 Å². The highest BCUT2D eigenvalue weighted by Gasteiger charge is 2.30. The van der Waals surface area contributed by atoms with E-state index in [0.29, 0.717) is 0 Å². The number of piperazine rings is 1. The van der Waals surface area contributed by atoms with Crippen LogP contribution in [0.2, 0.25) is 0 Å². The van der Waals surface area contributed by atoms with E-state index in [-0.39, 0.29) is 5.75 Å². The first-order valence-corrected chi connectivity index (χ1v) is 18.5. The molecule has 2 aliphatic rings. The molecule has 0 bridgehead atoms. The number of benzene rings is 1. The van der Waals surface area contributed by atoms with Crippen molar-refractivity contribution in [3.05, 3.63) is 52.7 Å². The van der Waals surface area contributed by atoms with Gasteiger partial charge in [-0.05, 0) is 76.6 Å². The number of hydrogen-bond acceptors (Lipinski definition) is 3. The molecule has 0 spiro atoms. The summed E-state index contributed by atoms with van der Waals surface area (Å²) in [5.74, 6) is 1.78. The van der Waals surface area contributed by atoms with Crippen molar-refractivity contribution >= 4 is 0 Å². The second-order valence-electron chi connectivity index (χ2n) is 12.7. The van der Waals surface area contributed by atoms with Crippen molar-refractivity contribution in [1.82, 2.24) is 9.80 Å². The van der Waals surface area contributed by atoms with Crippen LogP contribution in [0.25, 0.3) is 0 Å². The van der Waals surface area contributed by atoms with E-state index in [0.717, 1.165) is 30.2 Å². The lowest BCUT2D eigenvalue weighted by molar-refractivity contribution is -0.274. The molecular weight excluding hydrogens is 581 g/mol. The third-order valence-corrected chi connectivity index (χ3v) is 8.70. The van der Waals surface area contributed by atoms with Gasteiger partial charge >= 0.3 is 6.36 Å². The van der Waals surface area contributed by atoms with Crippen LogP contribution < -0.4 is 4.74 Å². The van der Waals surface area contributed by atoms with Crippen LogP contribution in [0.4, 0.5) is 13.2 Å². The minimum atomic E-state index is -4.60. The Balaban J connectivity index is 0. The fourth-order valence-electron chi connectivity index (χ4n) is 4.86. The van der Waals surface area contributed by atoms with E-state index < -0.39 is 6.36 Å². The summed E-state index contributed by atoms with van der Waals surface area (Å²) in [6.45, 7) is 32.2. The fourth-order valence-corrected chi connectivity index (χ4v) is 4.86. The molecule has 0 atom stereocenters. The van der Waals surface area contributed by atoms with E-state index in [1.807, 2.05) is 13.8 Å². The Morgan fingerprint density at radius 2 is 1.39 bits per heavy atom. The summed E-state index contributed by atoms with van der Waals surface area (Å²) < 4.78 is 38.5. The van der Waals surface area contributed by atoms with Crippen molar-refractivity contribution in [2.45, 2.75) is 154 Å². The summed E-state index contributed by atoms with van der Waals surface area (Å²) >= 11 is 0. The Morgan fingerprint density at radius 1 is 0.870 bits per heavy atom. The van der Waals surface area contributed by atoms with Crippen molar-refractivity contribution in [3.8, 4) is 5.75 Å². The first-order valence-electron chi connectivity index (χ1n) is 18.5.